The molecule has 0 radical (unpaired) electrons. The first-order chi connectivity index (χ1) is 7.65. The lowest BCUT2D eigenvalue weighted by molar-refractivity contribution is 0.0980. The summed E-state index contributed by atoms with van der Waals surface area (Å²) in [5, 5.41) is 0. The van der Waals surface area contributed by atoms with Crippen LogP contribution in [-0.2, 0) is 0 Å². The Morgan fingerprint density at radius 1 is 1.38 bits per heavy atom. The van der Waals surface area contributed by atoms with Crippen LogP contribution in [0.25, 0.3) is 0 Å². The molecule has 0 atom stereocenters. The molecule has 0 amide bonds. The molecule has 16 heavy (non-hydrogen) atoms. The van der Waals surface area contributed by atoms with Crippen molar-refractivity contribution in [1.29, 1.82) is 0 Å². The average molecular weight is 227 g/mol. The van der Waals surface area contributed by atoms with E-state index >= 15 is 0 Å². The second kappa shape index (κ2) is 5.46. The molecular weight excluding hydrogens is 213 g/mol. The molecule has 0 saturated carbocycles. The van der Waals surface area contributed by atoms with Crippen LogP contribution in [-0.4, -0.2) is 26.5 Å². The first-order valence-electron chi connectivity index (χ1n) is 4.79. The van der Waals surface area contributed by atoms with Crippen molar-refractivity contribution in [2.75, 3.05) is 20.8 Å². The Hall–Kier alpha value is -1.62. The van der Waals surface area contributed by atoms with Gasteiger partial charge in [0.05, 0.1) is 19.8 Å². The third-order valence-corrected chi connectivity index (χ3v) is 2.16. The second-order valence-electron chi connectivity index (χ2n) is 3.12. The second-order valence-corrected chi connectivity index (χ2v) is 3.12. The minimum absolute atomic E-state index is 0.0249. The number of nitrogens with two attached hydrogens (primary N) is 1. The normalized spacial score (nSPS) is 10.0. The number of benzene rings is 1. The van der Waals surface area contributed by atoms with E-state index < -0.39 is 5.82 Å². The number of hydrogen-bond donors (Lipinski definition) is 1. The molecule has 0 aliphatic carbocycles. The Labute approximate surface area is 93.2 Å². The number of halogens is 1. The standard InChI is InChI=1S/C11H14FNO3/c1-15-9-4-3-7(8(14)5-6-13)10(12)11(9)16-2/h3-4H,5-6,13H2,1-2H3. The molecule has 0 spiro atoms. The van der Waals surface area contributed by atoms with Crippen LogP contribution in [0.1, 0.15) is 16.8 Å². The fourth-order valence-electron chi connectivity index (χ4n) is 1.37. The van der Waals surface area contributed by atoms with Crippen LogP contribution < -0.4 is 15.2 Å². The Balaban J connectivity index is 3.18. The molecule has 0 fully saturated rings. The fraction of sp³-hybridized carbons (Fsp3) is 0.364. The number of ether oxygens (including phenoxy) is 2. The maximum atomic E-state index is 13.8. The van der Waals surface area contributed by atoms with Gasteiger partial charge < -0.3 is 15.2 Å². The zero-order valence-electron chi connectivity index (χ0n) is 9.25. The number of methoxy groups -OCH3 is 2. The van der Waals surface area contributed by atoms with Gasteiger partial charge in [0.2, 0.25) is 0 Å². The lowest BCUT2D eigenvalue weighted by Gasteiger charge is -2.10. The minimum Gasteiger partial charge on any atom is -0.493 e. The summed E-state index contributed by atoms with van der Waals surface area (Å²) in [5.41, 5.74) is 5.22. The number of Topliss-reactive ketones (excluding diaryl/α,β-unsaturated/α-hetero) is 1. The van der Waals surface area contributed by atoms with Gasteiger partial charge in [0.15, 0.2) is 23.1 Å². The molecule has 0 aliphatic rings. The molecule has 0 aromatic heterocycles. The third-order valence-electron chi connectivity index (χ3n) is 2.16. The molecule has 0 unspecified atom stereocenters. The zero-order chi connectivity index (χ0) is 12.1. The van der Waals surface area contributed by atoms with E-state index in [1.807, 2.05) is 0 Å². The SMILES string of the molecule is COc1ccc(C(=O)CCN)c(F)c1OC. The van der Waals surface area contributed by atoms with Gasteiger partial charge >= 0.3 is 0 Å². The van der Waals surface area contributed by atoms with Crippen LogP contribution in [0, 0.1) is 5.82 Å². The highest BCUT2D eigenvalue weighted by Crippen LogP contribution is 2.32. The first kappa shape index (κ1) is 12.4. The van der Waals surface area contributed by atoms with E-state index in [4.69, 9.17) is 15.2 Å². The highest BCUT2D eigenvalue weighted by atomic mass is 19.1. The zero-order valence-corrected chi connectivity index (χ0v) is 9.25. The summed E-state index contributed by atoms with van der Waals surface area (Å²) in [4.78, 5) is 11.5. The summed E-state index contributed by atoms with van der Waals surface area (Å²) in [6.45, 7) is 0.187. The van der Waals surface area contributed by atoms with Crippen molar-refractivity contribution in [2.45, 2.75) is 6.42 Å². The number of ketones is 1. The third kappa shape index (κ3) is 2.30. The van der Waals surface area contributed by atoms with E-state index in [9.17, 15) is 9.18 Å². The predicted octanol–water partition coefficient (Wildman–Crippen LogP) is 1.37. The summed E-state index contributed by atoms with van der Waals surface area (Å²) in [7, 11) is 2.72. The molecule has 1 aromatic rings. The Morgan fingerprint density at radius 3 is 2.56 bits per heavy atom. The summed E-state index contributed by atoms with van der Waals surface area (Å²) in [5.74, 6) is -0.865. The van der Waals surface area contributed by atoms with Crippen LogP contribution in [0.15, 0.2) is 12.1 Å². The molecule has 0 bridgehead atoms. The average Bonchev–Trinajstić information content (AvgIpc) is 2.28. The molecule has 0 saturated heterocycles. The van der Waals surface area contributed by atoms with E-state index in [0.29, 0.717) is 0 Å². The number of carbonyl (C=O) groups is 1. The molecule has 0 aliphatic heterocycles. The van der Waals surface area contributed by atoms with Gasteiger partial charge in [-0.15, -0.1) is 0 Å². The number of carbonyl (C=O) groups excluding carboxylic acids is 1. The van der Waals surface area contributed by atoms with Crippen molar-refractivity contribution < 1.29 is 18.7 Å². The number of rotatable bonds is 5. The van der Waals surface area contributed by atoms with Crippen LogP contribution in [0.5, 0.6) is 11.5 Å². The summed E-state index contributed by atoms with van der Waals surface area (Å²) >= 11 is 0. The fourth-order valence-corrected chi connectivity index (χ4v) is 1.37. The highest BCUT2D eigenvalue weighted by molar-refractivity contribution is 5.97. The van der Waals surface area contributed by atoms with Gasteiger partial charge in [-0.2, -0.15) is 0 Å². The molecule has 0 heterocycles. The van der Waals surface area contributed by atoms with Crippen LogP contribution in [0.2, 0.25) is 0 Å². The Kier molecular flexibility index (Phi) is 4.25. The maximum Gasteiger partial charge on any atom is 0.197 e. The first-order valence-corrected chi connectivity index (χ1v) is 4.79. The maximum absolute atomic E-state index is 13.8. The van der Waals surface area contributed by atoms with E-state index in [1.54, 1.807) is 0 Å². The summed E-state index contributed by atoms with van der Waals surface area (Å²) < 4.78 is 23.6. The predicted molar refractivity (Wildman–Crippen MR) is 57.5 cm³/mol. The van der Waals surface area contributed by atoms with Crippen LogP contribution in [0.4, 0.5) is 4.39 Å². The lowest BCUT2D eigenvalue weighted by Crippen LogP contribution is -2.10. The largest absolute Gasteiger partial charge is 0.493 e. The van der Waals surface area contributed by atoms with Crippen molar-refractivity contribution >= 4 is 5.78 Å². The molecule has 88 valence electrons. The van der Waals surface area contributed by atoms with Gasteiger partial charge in [0.25, 0.3) is 0 Å². The summed E-state index contributed by atoms with van der Waals surface area (Å²) in [6, 6.07) is 2.86. The molecule has 1 aromatic carbocycles. The van der Waals surface area contributed by atoms with Crippen molar-refractivity contribution in [3.63, 3.8) is 0 Å². The van der Waals surface area contributed by atoms with Crippen LogP contribution >= 0.6 is 0 Å². The Bertz CT molecular complexity index is 393. The highest BCUT2D eigenvalue weighted by Gasteiger charge is 2.18. The van der Waals surface area contributed by atoms with Gasteiger partial charge in [-0.05, 0) is 18.7 Å². The lowest BCUT2D eigenvalue weighted by atomic mass is 10.1. The van der Waals surface area contributed by atoms with E-state index in [1.165, 1.54) is 26.4 Å². The van der Waals surface area contributed by atoms with Gasteiger partial charge in [0.1, 0.15) is 0 Å². The van der Waals surface area contributed by atoms with Crippen molar-refractivity contribution in [2.24, 2.45) is 5.73 Å². The molecule has 2 N–H and O–H groups in total. The van der Waals surface area contributed by atoms with Crippen molar-refractivity contribution in [3.05, 3.63) is 23.5 Å². The Morgan fingerprint density at radius 2 is 2.06 bits per heavy atom. The monoisotopic (exact) mass is 227 g/mol. The molecule has 1 rings (SSSR count). The number of hydrogen-bond acceptors (Lipinski definition) is 4. The molecular formula is C11H14FNO3. The molecule has 4 nitrogen and oxygen atoms in total. The smallest absolute Gasteiger partial charge is 0.197 e. The summed E-state index contributed by atoms with van der Waals surface area (Å²) in [6.07, 6.45) is 0.104. The van der Waals surface area contributed by atoms with E-state index in [0.717, 1.165) is 0 Å². The van der Waals surface area contributed by atoms with Crippen LogP contribution in [0.3, 0.4) is 0 Å². The minimum atomic E-state index is -0.708. The van der Waals surface area contributed by atoms with Gasteiger partial charge in [-0.1, -0.05) is 0 Å². The molecule has 5 heteroatoms. The van der Waals surface area contributed by atoms with Gasteiger partial charge in [-0.25, -0.2) is 4.39 Å². The van der Waals surface area contributed by atoms with E-state index in [2.05, 4.69) is 0 Å². The van der Waals surface area contributed by atoms with Gasteiger partial charge in [0, 0.05) is 6.42 Å². The quantitative estimate of drug-likeness (QED) is 0.772. The van der Waals surface area contributed by atoms with E-state index in [-0.39, 0.29) is 35.8 Å². The van der Waals surface area contributed by atoms with Gasteiger partial charge in [-0.3, -0.25) is 4.79 Å². The van der Waals surface area contributed by atoms with Crippen molar-refractivity contribution in [3.8, 4) is 11.5 Å². The van der Waals surface area contributed by atoms with Crippen molar-refractivity contribution in [1.82, 2.24) is 0 Å². The topological polar surface area (TPSA) is 61.5 Å².